The maximum Gasteiger partial charge on any atom is 0.263 e. The molecule has 3 fully saturated rings. The number of hydrogen-bond acceptors (Lipinski definition) is 6. The van der Waals surface area contributed by atoms with Gasteiger partial charge in [0, 0.05) is 67.7 Å². The molecule has 1 amide bonds. The lowest BCUT2D eigenvalue weighted by atomic mass is 10.1. The molecule has 4 aromatic rings. The number of halogens is 1. The number of carbonyl (C=O) groups excluding carboxylic acids is 1. The lowest BCUT2D eigenvalue weighted by Gasteiger charge is -2.50. The Morgan fingerprint density at radius 1 is 0.816 bits per heavy atom. The minimum absolute atomic E-state index is 0. The van der Waals surface area contributed by atoms with Crippen LogP contribution in [0.5, 0.6) is 17.2 Å². The van der Waals surface area contributed by atoms with Gasteiger partial charge in [-0.1, -0.05) is 31.0 Å². The van der Waals surface area contributed by atoms with Crippen molar-refractivity contribution in [1.29, 1.82) is 0 Å². The highest BCUT2D eigenvalue weighted by molar-refractivity contribution is 6.07. The number of aromatic nitrogens is 1. The highest BCUT2D eigenvalue weighted by Gasteiger charge is 2.37. The van der Waals surface area contributed by atoms with Gasteiger partial charge >= 0.3 is 0 Å². The van der Waals surface area contributed by atoms with E-state index < -0.39 is 0 Å². The van der Waals surface area contributed by atoms with Crippen LogP contribution in [0.4, 0.5) is 5.69 Å². The third-order valence-corrected chi connectivity index (χ3v) is 10.2. The summed E-state index contributed by atoms with van der Waals surface area (Å²) in [4.78, 5) is 32.1. The number of ether oxygens (including phenoxy) is 3. The van der Waals surface area contributed by atoms with Crippen LogP contribution in [0.3, 0.4) is 0 Å². The van der Waals surface area contributed by atoms with Crippen LogP contribution in [0, 0.1) is 0 Å². The van der Waals surface area contributed by atoms with E-state index in [2.05, 4.69) is 4.90 Å². The molecule has 3 aromatic carbocycles. The molecule has 9 nitrogen and oxygen atoms in total. The number of nitrogens with zero attached hydrogens (tertiary/aromatic N) is 4. The van der Waals surface area contributed by atoms with Crippen molar-refractivity contribution in [2.75, 3.05) is 78.1 Å². The summed E-state index contributed by atoms with van der Waals surface area (Å²) in [6.45, 7) is 12.1. The maximum absolute atomic E-state index is 14.0. The number of anilines is 1. The molecule has 0 radical (unpaired) electrons. The quantitative estimate of drug-likeness (QED) is 0.138. The van der Waals surface area contributed by atoms with Gasteiger partial charge in [-0.2, -0.15) is 0 Å². The Kier molecular flexibility index (Phi) is 12.4. The molecule has 10 heteroatoms. The van der Waals surface area contributed by atoms with Crippen molar-refractivity contribution < 1.29 is 40.5 Å². The van der Waals surface area contributed by atoms with Crippen LogP contribution in [-0.2, 0) is 0 Å². The van der Waals surface area contributed by atoms with E-state index in [0.29, 0.717) is 47.0 Å². The van der Waals surface area contributed by atoms with Gasteiger partial charge in [-0.05, 0) is 50.5 Å². The Labute approximate surface area is 300 Å². The van der Waals surface area contributed by atoms with Gasteiger partial charge in [0.1, 0.15) is 22.8 Å². The van der Waals surface area contributed by atoms with E-state index in [4.69, 9.17) is 14.2 Å². The molecule has 0 unspecified atom stereocenters. The van der Waals surface area contributed by atoms with Crippen molar-refractivity contribution in [2.24, 2.45) is 0 Å². The second-order valence-electron chi connectivity index (χ2n) is 13.1. The highest BCUT2D eigenvalue weighted by atomic mass is 79.9. The van der Waals surface area contributed by atoms with Gasteiger partial charge < -0.3 is 45.1 Å². The van der Waals surface area contributed by atoms with Crippen LogP contribution < -0.4 is 41.5 Å². The second-order valence-corrected chi connectivity index (χ2v) is 13.1. The first kappa shape index (κ1) is 36.4. The Balaban J connectivity index is 0.00000468. The van der Waals surface area contributed by atoms with Crippen molar-refractivity contribution >= 4 is 22.5 Å². The monoisotopic (exact) mass is 732 g/mol. The molecule has 3 aliphatic rings. The zero-order valence-corrected chi connectivity index (χ0v) is 30.6. The van der Waals surface area contributed by atoms with Crippen LogP contribution in [0.1, 0.15) is 49.4 Å². The third-order valence-electron chi connectivity index (χ3n) is 10.2. The number of hydrogen-bond donors (Lipinski definition) is 0. The first-order valence-electron chi connectivity index (χ1n) is 17.4. The van der Waals surface area contributed by atoms with Gasteiger partial charge in [0.15, 0.2) is 0 Å². The summed E-state index contributed by atoms with van der Waals surface area (Å²) in [6.07, 6.45) is 7.55. The Morgan fingerprint density at radius 2 is 1.47 bits per heavy atom. The molecule has 0 aliphatic carbocycles. The summed E-state index contributed by atoms with van der Waals surface area (Å²) >= 11 is 0. The first-order valence-corrected chi connectivity index (χ1v) is 17.4. The fraction of sp³-hybridized carbons (Fsp3) is 0.436. The molecule has 0 atom stereocenters. The molecule has 0 N–H and O–H groups in total. The molecule has 4 heterocycles. The molecule has 0 saturated carbocycles. The van der Waals surface area contributed by atoms with Crippen molar-refractivity contribution in [3.05, 3.63) is 88.7 Å². The van der Waals surface area contributed by atoms with Crippen molar-refractivity contribution in [2.45, 2.75) is 39.0 Å². The lowest BCUT2D eigenvalue weighted by molar-refractivity contribution is -0.941. The number of amides is 1. The van der Waals surface area contributed by atoms with Gasteiger partial charge in [-0.25, -0.2) is 0 Å². The Morgan fingerprint density at radius 3 is 2.12 bits per heavy atom. The van der Waals surface area contributed by atoms with E-state index in [1.807, 2.05) is 66.1 Å². The fourth-order valence-electron chi connectivity index (χ4n) is 7.23. The molecular formula is C39H49BrN4O5. The number of rotatable bonds is 15. The molecule has 3 saturated heterocycles. The van der Waals surface area contributed by atoms with E-state index in [0.717, 1.165) is 18.5 Å². The summed E-state index contributed by atoms with van der Waals surface area (Å²) in [5.41, 5.74) is 1.83. The minimum atomic E-state index is -0.359. The third kappa shape index (κ3) is 8.31. The van der Waals surface area contributed by atoms with Crippen LogP contribution in [0.25, 0.3) is 16.6 Å². The standard InChI is InChI=1S/C39H49N4O5.BrH/c1-4-41(30-13-9-8-10-14-30)39(45)36-29-42(31-25-33(46-2)27-34(26-31)47-3)37-28-32(15-16-35(37)38(36)44)48-24-12-7-5-6-11-20-43-21-17-40(18-22-43)19-23-43;/h8-10,13-16,25-29H,4-7,11-12,17-24H2,1-3H3;1H/q+1;/p-1. The molecule has 7 rings (SSSR count). The summed E-state index contributed by atoms with van der Waals surface area (Å²) in [6, 6.07) is 20.4. The minimum Gasteiger partial charge on any atom is -1.00 e. The topological polar surface area (TPSA) is 73.2 Å². The average Bonchev–Trinajstić information content (AvgIpc) is 3.14. The summed E-state index contributed by atoms with van der Waals surface area (Å²) in [5.74, 6) is 1.52. The number of fused-ring (bicyclic) bond motifs is 4. The van der Waals surface area contributed by atoms with E-state index in [1.165, 1.54) is 69.6 Å². The Bertz CT molecular complexity index is 1740. The number of methoxy groups -OCH3 is 2. The number of unbranched alkanes of at least 4 members (excludes halogenated alkanes) is 4. The molecular weight excluding hydrogens is 684 g/mol. The van der Waals surface area contributed by atoms with Crippen molar-refractivity contribution in [1.82, 2.24) is 9.47 Å². The number of piperazine rings is 3. The molecule has 262 valence electrons. The SMILES string of the molecule is CCN(C(=O)c1cn(-c2cc(OC)cc(OC)c2)c2cc(OCCCCCCC[N+]34CCN(CC3)CC4)ccc2c1=O)c1ccccc1.[Br-]. The molecule has 2 bridgehead atoms. The zero-order valence-electron chi connectivity index (χ0n) is 29.0. The number of benzene rings is 3. The predicted octanol–water partition coefficient (Wildman–Crippen LogP) is 3.15. The summed E-state index contributed by atoms with van der Waals surface area (Å²) < 4.78 is 20.5. The van der Waals surface area contributed by atoms with Gasteiger partial charge in [0.2, 0.25) is 5.43 Å². The molecule has 3 aliphatic heterocycles. The van der Waals surface area contributed by atoms with E-state index in [9.17, 15) is 9.59 Å². The van der Waals surface area contributed by atoms with E-state index in [1.54, 1.807) is 37.4 Å². The smallest absolute Gasteiger partial charge is 0.263 e. The van der Waals surface area contributed by atoms with Gasteiger partial charge in [-0.3, -0.25) is 14.5 Å². The number of para-hydroxylation sites is 1. The van der Waals surface area contributed by atoms with Crippen LogP contribution in [-0.4, -0.2) is 93.0 Å². The van der Waals surface area contributed by atoms with Crippen LogP contribution in [0.2, 0.25) is 0 Å². The van der Waals surface area contributed by atoms with Crippen LogP contribution >= 0.6 is 0 Å². The summed E-state index contributed by atoms with van der Waals surface area (Å²) in [7, 11) is 3.19. The van der Waals surface area contributed by atoms with E-state index >= 15 is 0 Å². The Hall–Kier alpha value is -3.86. The highest BCUT2D eigenvalue weighted by Crippen LogP contribution is 2.29. The largest absolute Gasteiger partial charge is 1.00 e. The van der Waals surface area contributed by atoms with Gasteiger partial charge in [0.25, 0.3) is 5.91 Å². The zero-order chi connectivity index (χ0) is 33.5. The van der Waals surface area contributed by atoms with Crippen molar-refractivity contribution in [3.8, 4) is 22.9 Å². The van der Waals surface area contributed by atoms with E-state index in [-0.39, 0.29) is 33.9 Å². The molecule has 0 spiro atoms. The van der Waals surface area contributed by atoms with Gasteiger partial charge in [0.05, 0.1) is 58.2 Å². The molecule has 1 aromatic heterocycles. The van der Waals surface area contributed by atoms with Gasteiger partial charge in [-0.15, -0.1) is 0 Å². The average molecular weight is 734 g/mol. The fourth-order valence-corrected chi connectivity index (χ4v) is 7.23. The number of pyridine rings is 1. The van der Waals surface area contributed by atoms with Crippen molar-refractivity contribution in [3.63, 3.8) is 0 Å². The number of carbonyl (C=O) groups is 1. The maximum atomic E-state index is 14.0. The van der Waals surface area contributed by atoms with Crippen LogP contribution in [0.15, 0.2) is 77.7 Å². The first-order chi connectivity index (χ1) is 23.4. The number of quaternary nitrogens is 1. The lowest BCUT2D eigenvalue weighted by Crippen LogP contribution is -3.00. The normalized spacial score (nSPS) is 18.1. The second kappa shape index (κ2) is 16.7. The molecule has 49 heavy (non-hydrogen) atoms. The summed E-state index contributed by atoms with van der Waals surface area (Å²) in [5, 5.41) is 0.431. The predicted molar refractivity (Wildman–Crippen MR) is 191 cm³/mol.